The molecule has 0 fully saturated rings. The van der Waals surface area contributed by atoms with Crippen LogP contribution in [0.15, 0.2) is 77.7 Å². The Morgan fingerprint density at radius 3 is 2.26 bits per heavy atom. The topological polar surface area (TPSA) is 107 Å². The van der Waals surface area contributed by atoms with Crippen LogP contribution in [0.4, 0.5) is 0 Å². The SMILES string of the molecule is CN(C[C@H](O)CNC(C)(C)CC1Cc2ccccc2C1)S(=O)(=O)c1cccc(-c2cccc(CC(=O)O)c2)c1. The molecular formula is C31H38N2O5S. The summed E-state index contributed by atoms with van der Waals surface area (Å²) >= 11 is 0. The molecule has 0 amide bonds. The van der Waals surface area contributed by atoms with E-state index in [-0.39, 0.29) is 29.9 Å². The van der Waals surface area contributed by atoms with E-state index in [1.807, 2.05) is 6.07 Å². The molecule has 0 aromatic heterocycles. The first kappa shape index (κ1) is 29.0. The van der Waals surface area contributed by atoms with Crippen molar-refractivity contribution < 1.29 is 23.4 Å². The summed E-state index contributed by atoms with van der Waals surface area (Å²) in [5.74, 6) is -0.382. The van der Waals surface area contributed by atoms with Gasteiger partial charge in [-0.25, -0.2) is 8.42 Å². The number of carbonyl (C=O) groups is 1. The van der Waals surface area contributed by atoms with Crippen LogP contribution >= 0.6 is 0 Å². The molecule has 0 saturated heterocycles. The van der Waals surface area contributed by atoms with Gasteiger partial charge in [0.2, 0.25) is 10.0 Å². The highest BCUT2D eigenvalue weighted by Gasteiger charge is 2.29. The van der Waals surface area contributed by atoms with Gasteiger partial charge in [0.1, 0.15) is 0 Å². The van der Waals surface area contributed by atoms with Gasteiger partial charge in [-0.2, -0.15) is 4.31 Å². The van der Waals surface area contributed by atoms with Crippen molar-refractivity contribution in [1.29, 1.82) is 0 Å². The third kappa shape index (κ3) is 7.54. The minimum absolute atomic E-state index is 0.0430. The molecule has 3 aromatic carbocycles. The number of sulfonamides is 1. The standard InChI is InChI=1S/C31H38N2O5S/c1-31(2,19-23-15-24-9-4-5-10-25(24)16-23)32-20-28(34)21-33(3)39(37,38)29-13-7-12-27(18-29)26-11-6-8-22(14-26)17-30(35)36/h4-14,18,23,28,32,34H,15-17,19-21H2,1-3H3,(H,35,36)/t28-/m1/s1. The Morgan fingerprint density at radius 2 is 1.62 bits per heavy atom. The second-order valence-corrected chi connectivity index (χ2v) is 13.3. The van der Waals surface area contributed by atoms with Crippen molar-refractivity contribution in [2.75, 3.05) is 20.1 Å². The summed E-state index contributed by atoms with van der Waals surface area (Å²) in [4.78, 5) is 11.2. The van der Waals surface area contributed by atoms with Gasteiger partial charge in [0.25, 0.3) is 0 Å². The molecule has 7 nitrogen and oxygen atoms in total. The molecule has 0 radical (unpaired) electrons. The van der Waals surface area contributed by atoms with E-state index in [4.69, 9.17) is 5.11 Å². The van der Waals surface area contributed by atoms with Crippen molar-refractivity contribution in [2.24, 2.45) is 5.92 Å². The number of rotatable bonds is 12. The Labute approximate surface area is 231 Å². The van der Waals surface area contributed by atoms with Crippen LogP contribution in [0.25, 0.3) is 11.1 Å². The minimum Gasteiger partial charge on any atom is -0.481 e. The van der Waals surface area contributed by atoms with E-state index >= 15 is 0 Å². The summed E-state index contributed by atoms with van der Waals surface area (Å²) in [5.41, 5.74) is 4.69. The number of nitrogens with zero attached hydrogens (tertiary/aromatic N) is 1. The molecule has 0 saturated carbocycles. The molecule has 0 unspecified atom stereocenters. The third-order valence-electron chi connectivity index (χ3n) is 7.38. The predicted molar refractivity (Wildman–Crippen MR) is 153 cm³/mol. The average Bonchev–Trinajstić information content (AvgIpc) is 3.29. The molecule has 0 aliphatic heterocycles. The maximum Gasteiger partial charge on any atom is 0.307 e. The van der Waals surface area contributed by atoms with Crippen molar-refractivity contribution in [3.8, 4) is 11.1 Å². The first-order chi connectivity index (χ1) is 18.4. The van der Waals surface area contributed by atoms with Gasteiger partial charge in [-0.05, 0) is 79.0 Å². The molecule has 39 heavy (non-hydrogen) atoms. The first-order valence-electron chi connectivity index (χ1n) is 13.3. The second-order valence-electron chi connectivity index (χ2n) is 11.2. The van der Waals surface area contributed by atoms with E-state index in [0.717, 1.165) is 24.8 Å². The first-order valence-corrected chi connectivity index (χ1v) is 14.7. The molecule has 0 heterocycles. The molecule has 8 heteroatoms. The molecule has 1 atom stereocenters. The highest BCUT2D eigenvalue weighted by molar-refractivity contribution is 7.89. The Bertz CT molecular complexity index is 1390. The molecule has 3 N–H and O–H groups in total. The van der Waals surface area contributed by atoms with Gasteiger partial charge < -0.3 is 15.5 Å². The number of likely N-dealkylation sites (N-methyl/N-ethyl adjacent to an activating group) is 1. The fourth-order valence-corrected chi connectivity index (χ4v) is 6.75. The van der Waals surface area contributed by atoms with Crippen molar-refractivity contribution in [1.82, 2.24) is 9.62 Å². The molecule has 1 aliphatic rings. The van der Waals surface area contributed by atoms with Gasteiger partial charge >= 0.3 is 5.97 Å². The van der Waals surface area contributed by atoms with E-state index in [2.05, 4.69) is 43.4 Å². The Hall–Kier alpha value is -3.04. The van der Waals surface area contributed by atoms with Crippen LogP contribution in [-0.4, -0.2) is 60.7 Å². The lowest BCUT2D eigenvalue weighted by Crippen LogP contribution is -2.47. The zero-order chi connectivity index (χ0) is 28.2. The Balaban J connectivity index is 1.34. The van der Waals surface area contributed by atoms with Gasteiger partial charge in [0.05, 0.1) is 17.4 Å². The summed E-state index contributed by atoms with van der Waals surface area (Å²) in [7, 11) is -2.37. The van der Waals surface area contributed by atoms with Crippen LogP contribution in [0.1, 0.15) is 37.0 Å². The number of hydrogen-bond acceptors (Lipinski definition) is 5. The smallest absolute Gasteiger partial charge is 0.307 e. The molecule has 4 rings (SSSR count). The molecule has 3 aromatic rings. The fraction of sp³-hybridized carbons (Fsp3) is 0.387. The number of aliphatic carboxylic acids is 1. The van der Waals surface area contributed by atoms with Crippen LogP contribution in [-0.2, 0) is 34.1 Å². The van der Waals surface area contributed by atoms with E-state index < -0.39 is 22.1 Å². The molecule has 0 spiro atoms. The van der Waals surface area contributed by atoms with E-state index in [1.165, 1.54) is 28.5 Å². The summed E-state index contributed by atoms with van der Waals surface area (Å²) in [6.45, 7) is 4.49. The zero-order valence-electron chi connectivity index (χ0n) is 22.8. The molecular weight excluding hydrogens is 512 g/mol. The second kappa shape index (κ2) is 12.0. The average molecular weight is 551 g/mol. The number of benzene rings is 3. The number of nitrogens with one attached hydrogen (secondary N) is 1. The van der Waals surface area contributed by atoms with Crippen LogP contribution < -0.4 is 5.32 Å². The highest BCUT2D eigenvalue weighted by atomic mass is 32.2. The summed E-state index contributed by atoms with van der Waals surface area (Å²) in [5, 5.41) is 23.2. The quantitative estimate of drug-likeness (QED) is 0.313. The normalized spacial score (nSPS) is 14.9. The summed E-state index contributed by atoms with van der Waals surface area (Å²) < 4.78 is 27.8. The van der Waals surface area contributed by atoms with Gasteiger partial charge in [0, 0.05) is 25.7 Å². The lowest BCUT2D eigenvalue weighted by molar-refractivity contribution is -0.136. The molecule has 208 valence electrons. The van der Waals surface area contributed by atoms with Gasteiger partial charge in [-0.1, -0.05) is 60.7 Å². The van der Waals surface area contributed by atoms with Gasteiger partial charge in [-0.15, -0.1) is 0 Å². The van der Waals surface area contributed by atoms with Crippen molar-refractivity contribution in [2.45, 2.75) is 56.1 Å². The molecule has 1 aliphatic carbocycles. The van der Waals surface area contributed by atoms with E-state index in [9.17, 15) is 18.3 Å². The van der Waals surface area contributed by atoms with E-state index in [1.54, 1.807) is 36.4 Å². The predicted octanol–water partition coefficient (Wildman–Crippen LogP) is 4.14. The van der Waals surface area contributed by atoms with Crippen molar-refractivity contribution in [3.63, 3.8) is 0 Å². The largest absolute Gasteiger partial charge is 0.481 e. The number of carboxylic acid groups (broad SMARTS) is 1. The minimum atomic E-state index is -3.85. The Morgan fingerprint density at radius 1 is 1.00 bits per heavy atom. The third-order valence-corrected chi connectivity index (χ3v) is 9.20. The van der Waals surface area contributed by atoms with Crippen LogP contribution in [0.5, 0.6) is 0 Å². The monoisotopic (exact) mass is 550 g/mol. The summed E-state index contributed by atoms with van der Waals surface area (Å²) in [6, 6.07) is 22.2. The number of aliphatic hydroxyl groups is 1. The van der Waals surface area contributed by atoms with Gasteiger partial charge in [0.15, 0.2) is 0 Å². The maximum absolute atomic E-state index is 13.3. The maximum atomic E-state index is 13.3. The van der Waals surface area contributed by atoms with E-state index in [0.29, 0.717) is 17.0 Å². The molecule has 0 bridgehead atoms. The van der Waals surface area contributed by atoms with Gasteiger partial charge in [-0.3, -0.25) is 4.79 Å². The number of β-amino-alcohol motifs (C(OH)–C–C–N with tert-alkyl or cyclic N) is 1. The zero-order valence-corrected chi connectivity index (χ0v) is 23.6. The van der Waals surface area contributed by atoms with Crippen LogP contribution in [0.3, 0.4) is 0 Å². The van der Waals surface area contributed by atoms with Crippen LogP contribution in [0.2, 0.25) is 0 Å². The fourth-order valence-electron chi connectivity index (χ4n) is 5.49. The number of carboxylic acids is 1. The number of hydrogen-bond donors (Lipinski definition) is 3. The van der Waals surface area contributed by atoms with Crippen LogP contribution in [0, 0.1) is 5.92 Å². The number of aliphatic hydroxyl groups excluding tert-OH is 1. The highest BCUT2D eigenvalue weighted by Crippen LogP contribution is 2.32. The number of fused-ring (bicyclic) bond motifs is 1. The van der Waals surface area contributed by atoms with Crippen molar-refractivity contribution in [3.05, 3.63) is 89.5 Å². The lowest BCUT2D eigenvalue weighted by atomic mass is 9.88. The lowest BCUT2D eigenvalue weighted by Gasteiger charge is -2.31. The van der Waals surface area contributed by atoms with Crippen molar-refractivity contribution >= 4 is 16.0 Å². The summed E-state index contributed by atoms with van der Waals surface area (Å²) in [6.07, 6.45) is 2.11. The Kier molecular flexibility index (Phi) is 8.91.